The summed E-state index contributed by atoms with van der Waals surface area (Å²) in [6.45, 7) is -0.276. The highest BCUT2D eigenvalue weighted by Gasteiger charge is 1.93. The highest BCUT2D eigenvalue weighted by atomic mass is 32.1. The molecule has 0 aliphatic rings. The first-order chi connectivity index (χ1) is 4.74. The molecule has 0 bridgehead atoms. The van der Waals surface area contributed by atoms with Gasteiger partial charge >= 0.3 is 0 Å². The number of nitrogens with one attached hydrogen (secondary N) is 2. The summed E-state index contributed by atoms with van der Waals surface area (Å²) >= 11 is 4.61. The van der Waals surface area contributed by atoms with Crippen LogP contribution in [0.1, 0.15) is 5.56 Å². The molecule has 0 unspecified atom stereocenters. The van der Waals surface area contributed by atoms with E-state index < -0.39 is 0 Å². The number of aliphatic hydroxyl groups excluding tert-OH is 1. The molecule has 0 saturated heterocycles. The maximum Gasteiger partial charge on any atom is 0.257 e. The molecule has 0 fully saturated rings. The van der Waals surface area contributed by atoms with E-state index >= 15 is 0 Å². The molecular formula is C5H6N2O2S. The molecule has 1 heterocycles. The molecule has 54 valence electrons. The zero-order valence-electron chi connectivity index (χ0n) is 5.05. The van der Waals surface area contributed by atoms with Gasteiger partial charge in [-0.25, -0.2) is 0 Å². The SMILES string of the molecule is O=c1[nH]c(=S)[nH]cc1CO. The molecular weight excluding hydrogens is 152 g/mol. The lowest BCUT2D eigenvalue weighted by Gasteiger charge is -1.90. The van der Waals surface area contributed by atoms with E-state index in [-0.39, 0.29) is 22.5 Å². The summed E-state index contributed by atoms with van der Waals surface area (Å²) in [6.07, 6.45) is 1.39. The normalized spacial score (nSPS) is 9.70. The fraction of sp³-hybridized carbons (Fsp3) is 0.200. The minimum absolute atomic E-state index is 0.266. The third kappa shape index (κ3) is 1.31. The van der Waals surface area contributed by atoms with Crippen LogP contribution in [0.4, 0.5) is 0 Å². The van der Waals surface area contributed by atoms with E-state index in [0.717, 1.165) is 0 Å². The summed E-state index contributed by atoms with van der Waals surface area (Å²) in [4.78, 5) is 15.7. The second-order valence-corrected chi connectivity index (χ2v) is 2.16. The Hall–Kier alpha value is -0.940. The molecule has 10 heavy (non-hydrogen) atoms. The summed E-state index contributed by atoms with van der Waals surface area (Å²) in [5.74, 6) is 0. The van der Waals surface area contributed by atoms with Crippen molar-refractivity contribution in [2.24, 2.45) is 0 Å². The van der Waals surface area contributed by atoms with E-state index in [1.807, 2.05) is 0 Å². The number of hydrogen-bond acceptors (Lipinski definition) is 3. The molecule has 0 saturated carbocycles. The summed E-state index contributed by atoms with van der Waals surface area (Å²) in [5.41, 5.74) is -0.0557. The van der Waals surface area contributed by atoms with E-state index in [9.17, 15) is 4.79 Å². The van der Waals surface area contributed by atoms with Gasteiger partial charge in [0.05, 0.1) is 12.2 Å². The van der Waals surface area contributed by atoms with Crippen LogP contribution < -0.4 is 5.56 Å². The summed E-state index contributed by atoms with van der Waals surface area (Å²) < 4.78 is 0.266. The Labute approximate surface area is 61.6 Å². The Morgan fingerprint density at radius 2 is 2.40 bits per heavy atom. The molecule has 0 aromatic carbocycles. The fourth-order valence-electron chi connectivity index (χ4n) is 0.555. The van der Waals surface area contributed by atoms with Gasteiger partial charge in [0, 0.05) is 6.20 Å². The molecule has 0 radical (unpaired) electrons. The van der Waals surface area contributed by atoms with Crippen molar-refractivity contribution in [1.82, 2.24) is 9.97 Å². The first kappa shape index (κ1) is 7.17. The van der Waals surface area contributed by atoms with Gasteiger partial charge in [-0.3, -0.25) is 9.78 Å². The van der Waals surface area contributed by atoms with E-state index in [0.29, 0.717) is 0 Å². The Kier molecular flexibility index (Phi) is 1.98. The van der Waals surface area contributed by atoms with Gasteiger partial charge in [-0.15, -0.1) is 0 Å². The van der Waals surface area contributed by atoms with Crippen LogP contribution in [0.5, 0.6) is 0 Å². The number of rotatable bonds is 1. The van der Waals surface area contributed by atoms with Crippen LogP contribution in [0.3, 0.4) is 0 Å². The fourth-order valence-corrected chi connectivity index (χ4v) is 0.707. The predicted molar refractivity (Wildman–Crippen MR) is 38.2 cm³/mol. The van der Waals surface area contributed by atoms with Crippen molar-refractivity contribution in [2.45, 2.75) is 6.61 Å². The van der Waals surface area contributed by atoms with E-state index in [1.54, 1.807) is 0 Å². The van der Waals surface area contributed by atoms with Gasteiger partial charge in [-0.1, -0.05) is 0 Å². The predicted octanol–water partition coefficient (Wildman–Crippen LogP) is -0.0752. The molecule has 3 N–H and O–H groups in total. The van der Waals surface area contributed by atoms with Gasteiger partial charge in [-0.05, 0) is 12.2 Å². The van der Waals surface area contributed by atoms with Crippen molar-refractivity contribution in [3.63, 3.8) is 0 Å². The maximum atomic E-state index is 10.8. The van der Waals surface area contributed by atoms with E-state index in [4.69, 9.17) is 5.11 Å². The minimum atomic E-state index is -0.341. The van der Waals surface area contributed by atoms with E-state index in [1.165, 1.54) is 6.20 Å². The Morgan fingerprint density at radius 1 is 1.70 bits per heavy atom. The minimum Gasteiger partial charge on any atom is -0.391 e. The van der Waals surface area contributed by atoms with Crippen LogP contribution >= 0.6 is 12.2 Å². The van der Waals surface area contributed by atoms with Crippen LogP contribution in [0.25, 0.3) is 0 Å². The van der Waals surface area contributed by atoms with Gasteiger partial charge < -0.3 is 10.1 Å². The molecule has 5 heteroatoms. The number of aromatic amines is 2. The van der Waals surface area contributed by atoms with Gasteiger partial charge in [0.1, 0.15) is 0 Å². The van der Waals surface area contributed by atoms with Crippen LogP contribution in [0.15, 0.2) is 11.0 Å². The first-order valence-electron chi connectivity index (χ1n) is 2.66. The smallest absolute Gasteiger partial charge is 0.257 e. The average Bonchev–Trinajstić information content (AvgIpc) is 1.88. The molecule has 0 spiro atoms. The Balaban J connectivity index is 3.34. The summed E-state index contributed by atoms with van der Waals surface area (Å²) in [5, 5.41) is 8.54. The summed E-state index contributed by atoms with van der Waals surface area (Å²) in [7, 11) is 0. The van der Waals surface area contributed by atoms with Crippen molar-refractivity contribution in [2.75, 3.05) is 0 Å². The topological polar surface area (TPSA) is 68.9 Å². The highest BCUT2D eigenvalue weighted by molar-refractivity contribution is 7.71. The third-order valence-electron chi connectivity index (χ3n) is 1.07. The number of aromatic nitrogens is 2. The maximum absolute atomic E-state index is 10.8. The van der Waals surface area contributed by atoms with Crippen LogP contribution in [-0.4, -0.2) is 15.1 Å². The van der Waals surface area contributed by atoms with E-state index in [2.05, 4.69) is 22.2 Å². The second-order valence-electron chi connectivity index (χ2n) is 1.76. The molecule has 1 rings (SSSR count). The molecule has 0 amide bonds. The van der Waals surface area contributed by atoms with Gasteiger partial charge in [0.25, 0.3) is 5.56 Å². The Morgan fingerprint density at radius 3 is 2.90 bits per heavy atom. The van der Waals surface area contributed by atoms with Gasteiger partial charge in [-0.2, -0.15) is 0 Å². The molecule has 1 aromatic heterocycles. The van der Waals surface area contributed by atoms with Crippen molar-refractivity contribution >= 4 is 12.2 Å². The molecule has 4 nitrogen and oxygen atoms in total. The Bertz CT molecular complexity index is 327. The molecule has 0 atom stereocenters. The highest BCUT2D eigenvalue weighted by Crippen LogP contribution is 1.83. The standard InChI is InChI=1S/C5H6N2O2S/c8-2-3-1-6-5(10)7-4(3)9/h1,8H,2H2,(H2,6,7,9,10). The van der Waals surface area contributed by atoms with Crippen LogP contribution in [0.2, 0.25) is 0 Å². The molecule has 0 aliphatic heterocycles. The molecule has 1 aromatic rings. The largest absolute Gasteiger partial charge is 0.391 e. The van der Waals surface area contributed by atoms with Crippen LogP contribution in [0, 0.1) is 4.77 Å². The quantitative estimate of drug-likeness (QED) is 0.501. The van der Waals surface area contributed by atoms with Crippen molar-refractivity contribution in [1.29, 1.82) is 0 Å². The van der Waals surface area contributed by atoms with Gasteiger partial charge in [0.15, 0.2) is 4.77 Å². The molecule has 0 aliphatic carbocycles. The lowest BCUT2D eigenvalue weighted by Crippen LogP contribution is -2.12. The monoisotopic (exact) mass is 158 g/mol. The lowest BCUT2D eigenvalue weighted by molar-refractivity contribution is 0.279. The number of hydrogen-bond donors (Lipinski definition) is 3. The summed E-state index contributed by atoms with van der Waals surface area (Å²) in [6, 6.07) is 0. The van der Waals surface area contributed by atoms with Crippen molar-refractivity contribution in [3.05, 3.63) is 26.9 Å². The number of H-pyrrole nitrogens is 2. The lowest BCUT2D eigenvalue weighted by atomic mass is 10.4. The zero-order chi connectivity index (χ0) is 7.56. The van der Waals surface area contributed by atoms with Crippen LogP contribution in [-0.2, 0) is 6.61 Å². The van der Waals surface area contributed by atoms with Gasteiger partial charge in [0.2, 0.25) is 0 Å². The number of aliphatic hydroxyl groups is 1. The zero-order valence-corrected chi connectivity index (χ0v) is 5.86. The average molecular weight is 158 g/mol. The second kappa shape index (κ2) is 2.76. The van der Waals surface area contributed by atoms with Crippen molar-refractivity contribution in [3.8, 4) is 0 Å². The third-order valence-corrected chi connectivity index (χ3v) is 1.29. The van der Waals surface area contributed by atoms with Crippen molar-refractivity contribution < 1.29 is 5.11 Å². The first-order valence-corrected chi connectivity index (χ1v) is 3.06.